The van der Waals surface area contributed by atoms with E-state index in [1.165, 1.54) is 13.0 Å². The van der Waals surface area contributed by atoms with E-state index in [1.54, 1.807) is 0 Å². The predicted octanol–water partition coefficient (Wildman–Crippen LogP) is 3.89. The fourth-order valence-electron chi connectivity index (χ4n) is 2.52. The van der Waals surface area contributed by atoms with E-state index >= 15 is 0 Å². The number of alkyl halides is 2. The fraction of sp³-hybridized carbons (Fsp3) is 0.562. The van der Waals surface area contributed by atoms with Crippen molar-refractivity contribution >= 4 is 5.97 Å². The van der Waals surface area contributed by atoms with Gasteiger partial charge in [-0.1, -0.05) is 6.07 Å². The van der Waals surface area contributed by atoms with Crippen LogP contribution in [0.2, 0.25) is 0 Å². The molecular formula is C16H19F4NO2. The van der Waals surface area contributed by atoms with Crippen molar-refractivity contribution in [3.8, 4) is 0 Å². The number of rotatable bonds is 8. The lowest BCUT2D eigenvalue weighted by Gasteiger charge is -2.25. The Morgan fingerprint density at radius 3 is 2.52 bits per heavy atom. The van der Waals surface area contributed by atoms with Gasteiger partial charge in [-0.15, -0.1) is 0 Å². The predicted molar refractivity (Wildman–Crippen MR) is 76.2 cm³/mol. The lowest BCUT2D eigenvalue weighted by Crippen LogP contribution is -2.42. The van der Waals surface area contributed by atoms with Crippen molar-refractivity contribution in [3.63, 3.8) is 0 Å². The summed E-state index contributed by atoms with van der Waals surface area (Å²) in [5.41, 5.74) is 0.292. The zero-order valence-corrected chi connectivity index (χ0v) is 12.7. The number of carboxylic acids is 1. The maximum atomic E-state index is 13.9. The largest absolute Gasteiger partial charge is 0.480 e. The molecule has 0 heterocycles. The van der Waals surface area contributed by atoms with E-state index < -0.39 is 42.0 Å². The number of hydrogen-bond donors (Lipinski definition) is 2. The van der Waals surface area contributed by atoms with Crippen molar-refractivity contribution in [1.82, 2.24) is 5.32 Å². The van der Waals surface area contributed by atoms with Gasteiger partial charge in [0.2, 0.25) is 0 Å². The molecule has 0 amide bonds. The first-order valence-corrected chi connectivity index (χ1v) is 7.49. The number of halogens is 4. The molecule has 0 aliphatic heterocycles. The molecule has 23 heavy (non-hydrogen) atoms. The van der Waals surface area contributed by atoms with Gasteiger partial charge in [0.05, 0.1) is 0 Å². The quantitative estimate of drug-likeness (QED) is 0.710. The van der Waals surface area contributed by atoms with Crippen LogP contribution in [0.4, 0.5) is 17.6 Å². The van der Waals surface area contributed by atoms with Crippen LogP contribution in [0, 0.1) is 17.6 Å². The summed E-state index contributed by atoms with van der Waals surface area (Å²) in [7, 11) is 0. The number of nitrogens with one attached hydrogen (secondary N) is 1. The van der Waals surface area contributed by atoms with Gasteiger partial charge in [-0.25, -0.2) is 17.6 Å². The number of benzene rings is 1. The van der Waals surface area contributed by atoms with Gasteiger partial charge in [-0.3, -0.25) is 10.1 Å². The summed E-state index contributed by atoms with van der Waals surface area (Å²) in [6, 6.07) is 0.959. The van der Waals surface area contributed by atoms with E-state index in [9.17, 15) is 22.4 Å². The second-order valence-corrected chi connectivity index (χ2v) is 6.16. The zero-order chi connectivity index (χ0) is 17.2. The van der Waals surface area contributed by atoms with Gasteiger partial charge in [-0.05, 0) is 43.4 Å². The van der Waals surface area contributed by atoms with Gasteiger partial charge in [0, 0.05) is 18.9 Å². The summed E-state index contributed by atoms with van der Waals surface area (Å²) < 4.78 is 53.9. The molecular weight excluding hydrogens is 314 g/mol. The first-order chi connectivity index (χ1) is 10.7. The van der Waals surface area contributed by atoms with Crippen molar-refractivity contribution < 1.29 is 27.5 Å². The van der Waals surface area contributed by atoms with E-state index in [-0.39, 0.29) is 12.3 Å². The lowest BCUT2D eigenvalue weighted by atomic mass is 10.0. The van der Waals surface area contributed by atoms with Crippen molar-refractivity contribution in [2.24, 2.45) is 5.92 Å². The van der Waals surface area contributed by atoms with Crippen LogP contribution in [0.5, 0.6) is 0 Å². The topological polar surface area (TPSA) is 49.3 Å². The van der Waals surface area contributed by atoms with Crippen LogP contribution in [0.3, 0.4) is 0 Å². The molecule has 0 aromatic heterocycles. The molecule has 1 aromatic carbocycles. The second kappa shape index (κ2) is 6.86. The maximum absolute atomic E-state index is 13.9. The minimum Gasteiger partial charge on any atom is -0.480 e. The average molecular weight is 333 g/mol. The molecule has 3 nitrogen and oxygen atoms in total. The van der Waals surface area contributed by atoms with Crippen LogP contribution < -0.4 is 5.32 Å². The van der Waals surface area contributed by atoms with Gasteiger partial charge in [0.1, 0.15) is 6.04 Å². The average Bonchev–Trinajstić information content (AvgIpc) is 3.23. The van der Waals surface area contributed by atoms with Crippen LogP contribution in [0.1, 0.15) is 44.2 Å². The minimum atomic E-state index is -3.06. The Morgan fingerprint density at radius 1 is 1.35 bits per heavy atom. The molecule has 2 rings (SSSR count). The second-order valence-electron chi connectivity index (χ2n) is 6.16. The summed E-state index contributed by atoms with van der Waals surface area (Å²) >= 11 is 0. The van der Waals surface area contributed by atoms with Crippen LogP contribution in [0.15, 0.2) is 18.2 Å². The molecule has 0 radical (unpaired) electrons. The molecule has 7 heteroatoms. The van der Waals surface area contributed by atoms with E-state index in [0.717, 1.165) is 25.0 Å². The number of carbonyl (C=O) groups is 1. The van der Waals surface area contributed by atoms with Gasteiger partial charge < -0.3 is 5.11 Å². The molecule has 2 N–H and O–H groups in total. The number of carboxylic acid groups (broad SMARTS) is 1. The molecule has 0 bridgehead atoms. The molecule has 0 saturated heterocycles. The zero-order valence-electron chi connectivity index (χ0n) is 12.7. The Kier molecular flexibility index (Phi) is 5.29. The summed E-state index contributed by atoms with van der Waals surface area (Å²) in [5, 5.41) is 11.7. The van der Waals surface area contributed by atoms with Crippen molar-refractivity contribution in [2.75, 3.05) is 0 Å². The summed E-state index contributed by atoms with van der Waals surface area (Å²) in [4.78, 5) is 11.2. The van der Waals surface area contributed by atoms with Crippen molar-refractivity contribution in [2.45, 2.75) is 50.6 Å². The SMILES string of the molecule is CC(N[C@@H](CC(F)(F)CC1CC1)C(=O)O)c1ccc(F)c(F)c1. The maximum Gasteiger partial charge on any atom is 0.320 e. The van der Waals surface area contributed by atoms with Crippen LogP contribution >= 0.6 is 0 Å². The summed E-state index contributed by atoms with van der Waals surface area (Å²) in [6.07, 6.45) is 0.378. The Bertz CT molecular complexity index is 575. The molecule has 2 atom stereocenters. The third kappa shape index (κ3) is 5.20. The molecule has 1 unspecified atom stereocenters. The minimum absolute atomic E-state index is 0.0249. The standard InChI is InChI=1S/C16H19F4NO2/c1-9(11-4-5-12(17)13(18)6-11)21-14(15(22)23)8-16(19,20)7-10-2-3-10/h4-6,9-10,14,21H,2-3,7-8H2,1H3,(H,22,23)/t9?,14-/m0/s1. The van der Waals surface area contributed by atoms with E-state index in [2.05, 4.69) is 5.32 Å². The smallest absolute Gasteiger partial charge is 0.320 e. The van der Waals surface area contributed by atoms with Gasteiger partial charge in [0.25, 0.3) is 5.92 Å². The third-order valence-electron chi connectivity index (χ3n) is 3.98. The Labute approximate surface area is 131 Å². The molecule has 0 spiro atoms. The van der Waals surface area contributed by atoms with E-state index in [0.29, 0.717) is 5.56 Å². The molecule has 1 aromatic rings. The normalized spacial score (nSPS) is 17.8. The van der Waals surface area contributed by atoms with Gasteiger partial charge >= 0.3 is 5.97 Å². The number of aliphatic carboxylic acids is 1. The highest BCUT2D eigenvalue weighted by atomic mass is 19.3. The fourth-order valence-corrected chi connectivity index (χ4v) is 2.52. The molecule has 1 fully saturated rings. The van der Waals surface area contributed by atoms with E-state index in [1.807, 2.05) is 0 Å². The lowest BCUT2D eigenvalue weighted by molar-refractivity contribution is -0.143. The van der Waals surface area contributed by atoms with Gasteiger partial charge in [-0.2, -0.15) is 0 Å². The van der Waals surface area contributed by atoms with Crippen LogP contribution in [0.25, 0.3) is 0 Å². The monoisotopic (exact) mass is 333 g/mol. The molecule has 1 aliphatic rings. The molecule has 128 valence electrons. The molecule has 1 saturated carbocycles. The van der Waals surface area contributed by atoms with Crippen LogP contribution in [-0.2, 0) is 4.79 Å². The highest BCUT2D eigenvalue weighted by molar-refractivity contribution is 5.73. The Morgan fingerprint density at radius 2 is 2.00 bits per heavy atom. The van der Waals surface area contributed by atoms with Crippen LogP contribution in [-0.4, -0.2) is 23.0 Å². The van der Waals surface area contributed by atoms with E-state index in [4.69, 9.17) is 5.11 Å². The Hall–Kier alpha value is -1.63. The van der Waals surface area contributed by atoms with Gasteiger partial charge in [0.15, 0.2) is 11.6 Å². The highest BCUT2D eigenvalue weighted by Crippen LogP contribution is 2.41. The third-order valence-corrected chi connectivity index (χ3v) is 3.98. The summed E-state index contributed by atoms with van der Waals surface area (Å²) in [6.45, 7) is 1.52. The first kappa shape index (κ1) is 17.7. The van der Waals surface area contributed by atoms with Crippen molar-refractivity contribution in [3.05, 3.63) is 35.4 Å². The molecule has 1 aliphatic carbocycles. The van der Waals surface area contributed by atoms with Crippen molar-refractivity contribution in [1.29, 1.82) is 0 Å². The Balaban J connectivity index is 2.02. The first-order valence-electron chi connectivity index (χ1n) is 7.49. The number of hydrogen-bond acceptors (Lipinski definition) is 2. The highest BCUT2D eigenvalue weighted by Gasteiger charge is 2.41. The summed E-state index contributed by atoms with van der Waals surface area (Å²) in [5.74, 6) is -6.57.